The van der Waals surface area contributed by atoms with Gasteiger partial charge in [0.2, 0.25) is 0 Å². The molecule has 0 amide bonds. The summed E-state index contributed by atoms with van der Waals surface area (Å²) < 4.78 is 5.30. The van der Waals surface area contributed by atoms with E-state index >= 15 is 0 Å². The molecule has 0 saturated heterocycles. The minimum atomic E-state index is -1.26. The molecule has 3 N–H and O–H groups in total. The van der Waals surface area contributed by atoms with Crippen LogP contribution in [-0.2, 0) is 10.2 Å². The van der Waals surface area contributed by atoms with Crippen molar-refractivity contribution in [3.8, 4) is 5.75 Å². The Balaban J connectivity index is 2.50. The lowest BCUT2D eigenvalue weighted by molar-refractivity contribution is -0.144. The summed E-state index contributed by atoms with van der Waals surface area (Å²) in [6.07, 6.45) is 1.57. The highest BCUT2D eigenvalue weighted by Gasteiger charge is 2.61. The summed E-state index contributed by atoms with van der Waals surface area (Å²) in [7, 11) is 1.59. The van der Waals surface area contributed by atoms with Gasteiger partial charge in [0.1, 0.15) is 11.3 Å². The van der Waals surface area contributed by atoms with Crippen LogP contribution < -0.4 is 10.5 Å². The van der Waals surface area contributed by atoms with Gasteiger partial charge >= 0.3 is 5.97 Å². The molecule has 1 aliphatic rings. The van der Waals surface area contributed by atoms with Crippen molar-refractivity contribution in [2.24, 2.45) is 5.73 Å². The van der Waals surface area contributed by atoms with E-state index < -0.39 is 16.9 Å². The average molecular weight is 235 g/mol. The number of benzene rings is 1. The summed E-state index contributed by atoms with van der Waals surface area (Å²) in [6, 6.07) is 7.50. The maximum atomic E-state index is 11.3. The number of aliphatic carboxylic acids is 1. The van der Waals surface area contributed by atoms with Crippen LogP contribution in [0, 0.1) is 0 Å². The lowest BCUT2D eigenvalue weighted by Crippen LogP contribution is -2.55. The molecule has 0 heterocycles. The molecule has 0 spiro atoms. The molecule has 1 fully saturated rings. The first-order valence-electron chi connectivity index (χ1n) is 5.61. The molecule has 0 radical (unpaired) electrons. The Kier molecular flexibility index (Phi) is 2.62. The SMILES string of the molecule is COc1ccccc1C1(C(C)(N)C(=O)O)CC1. The normalized spacial score (nSPS) is 20.4. The third-order valence-electron chi connectivity index (χ3n) is 3.81. The van der Waals surface area contributed by atoms with Gasteiger partial charge in [0.25, 0.3) is 0 Å². The van der Waals surface area contributed by atoms with Crippen molar-refractivity contribution in [1.82, 2.24) is 0 Å². The second-order valence-electron chi connectivity index (χ2n) is 4.79. The van der Waals surface area contributed by atoms with Gasteiger partial charge < -0.3 is 15.6 Å². The molecular weight excluding hydrogens is 218 g/mol. The zero-order valence-electron chi connectivity index (χ0n) is 10.1. The van der Waals surface area contributed by atoms with Crippen molar-refractivity contribution in [1.29, 1.82) is 0 Å². The van der Waals surface area contributed by atoms with Crippen LogP contribution in [0.4, 0.5) is 0 Å². The number of carbonyl (C=O) groups is 1. The van der Waals surface area contributed by atoms with E-state index in [4.69, 9.17) is 10.5 Å². The van der Waals surface area contributed by atoms with Crippen LogP contribution in [-0.4, -0.2) is 23.7 Å². The standard InChI is InChI=1S/C13H17NO3/c1-12(14,11(15)16)13(7-8-13)9-5-3-4-6-10(9)17-2/h3-6H,7-8,14H2,1-2H3,(H,15,16). The number of para-hydroxylation sites is 1. The summed E-state index contributed by atoms with van der Waals surface area (Å²) in [6.45, 7) is 1.58. The number of rotatable bonds is 4. The van der Waals surface area contributed by atoms with Gasteiger partial charge in [-0.1, -0.05) is 18.2 Å². The van der Waals surface area contributed by atoms with Gasteiger partial charge in [0.05, 0.1) is 7.11 Å². The minimum Gasteiger partial charge on any atom is -0.496 e. The molecule has 0 bridgehead atoms. The minimum absolute atomic E-state index is 0.495. The van der Waals surface area contributed by atoms with Gasteiger partial charge in [-0.2, -0.15) is 0 Å². The van der Waals surface area contributed by atoms with E-state index in [2.05, 4.69) is 0 Å². The number of hydrogen-bond acceptors (Lipinski definition) is 3. The van der Waals surface area contributed by atoms with E-state index in [1.165, 1.54) is 0 Å². The Morgan fingerprint density at radius 3 is 2.53 bits per heavy atom. The lowest BCUT2D eigenvalue weighted by Gasteiger charge is -2.31. The molecule has 4 nitrogen and oxygen atoms in total. The van der Waals surface area contributed by atoms with Gasteiger partial charge in [-0.05, 0) is 25.8 Å². The van der Waals surface area contributed by atoms with Gasteiger partial charge in [0, 0.05) is 11.0 Å². The largest absolute Gasteiger partial charge is 0.496 e. The van der Waals surface area contributed by atoms with Crippen molar-refractivity contribution >= 4 is 5.97 Å². The summed E-state index contributed by atoms with van der Waals surface area (Å²) in [5.41, 5.74) is 5.14. The van der Waals surface area contributed by atoms with E-state index in [0.717, 1.165) is 18.4 Å². The monoisotopic (exact) mass is 235 g/mol. The Hall–Kier alpha value is -1.55. The highest BCUT2D eigenvalue weighted by molar-refractivity contribution is 5.82. The topological polar surface area (TPSA) is 72.5 Å². The molecule has 17 heavy (non-hydrogen) atoms. The molecule has 1 saturated carbocycles. The number of nitrogens with two attached hydrogens (primary N) is 1. The van der Waals surface area contributed by atoms with Crippen LogP contribution in [0.3, 0.4) is 0 Å². The fraction of sp³-hybridized carbons (Fsp3) is 0.462. The Bertz CT molecular complexity index is 450. The zero-order chi connectivity index (χ0) is 12.7. The van der Waals surface area contributed by atoms with Crippen molar-refractivity contribution in [3.05, 3.63) is 29.8 Å². The smallest absolute Gasteiger partial charge is 0.324 e. The van der Waals surface area contributed by atoms with E-state index in [1.807, 2.05) is 24.3 Å². The van der Waals surface area contributed by atoms with Crippen LogP contribution in [0.1, 0.15) is 25.3 Å². The van der Waals surface area contributed by atoms with Crippen molar-refractivity contribution in [2.75, 3.05) is 7.11 Å². The van der Waals surface area contributed by atoms with Gasteiger partial charge in [0.15, 0.2) is 0 Å². The number of ether oxygens (including phenoxy) is 1. The van der Waals surface area contributed by atoms with Gasteiger partial charge in [-0.25, -0.2) is 0 Å². The first-order valence-corrected chi connectivity index (χ1v) is 5.61. The van der Waals surface area contributed by atoms with Crippen LogP contribution in [0.2, 0.25) is 0 Å². The number of carboxylic acids is 1. The summed E-state index contributed by atoms with van der Waals surface area (Å²) in [4.78, 5) is 11.3. The third-order valence-corrected chi connectivity index (χ3v) is 3.81. The van der Waals surface area contributed by atoms with Crippen LogP contribution in [0.15, 0.2) is 24.3 Å². The van der Waals surface area contributed by atoms with Crippen molar-refractivity contribution in [3.63, 3.8) is 0 Å². The Morgan fingerprint density at radius 2 is 2.06 bits per heavy atom. The Labute approximate surface area is 100 Å². The van der Waals surface area contributed by atoms with Crippen LogP contribution in [0.5, 0.6) is 5.75 Å². The quantitative estimate of drug-likeness (QED) is 0.830. The molecule has 0 aromatic heterocycles. The first-order chi connectivity index (χ1) is 7.95. The highest BCUT2D eigenvalue weighted by atomic mass is 16.5. The van der Waals surface area contributed by atoms with Crippen molar-refractivity contribution < 1.29 is 14.6 Å². The van der Waals surface area contributed by atoms with Gasteiger partial charge in [-0.15, -0.1) is 0 Å². The number of carboxylic acid groups (broad SMARTS) is 1. The molecule has 1 aliphatic carbocycles. The molecule has 92 valence electrons. The summed E-state index contributed by atoms with van der Waals surface area (Å²) in [5, 5.41) is 9.28. The molecule has 1 aromatic rings. The van der Waals surface area contributed by atoms with Crippen molar-refractivity contribution in [2.45, 2.75) is 30.7 Å². The molecule has 0 aliphatic heterocycles. The molecule has 1 unspecified atom stereocenters. The molecule has 1 aromatic carbocycles. The Morgan fingerprint density at radius 1 is 1.47 bits per heavy atom. The summed E-state index contributed by atoms with van der Waals surface area (Å²) >= 11 is 0. The lowest BCUT2D eigenvalue weighted by atomic mass is 9.77. The zero-order valence-corrected chi connectivity index (χ0v) is 10.1. The second kappa shape index (κ2) is 3.74. The van der Waals surface area contributed by atoms with Crippen LogP contribution in [0.25, 0.3) is 0 Å². The number of hydrogen-bond donors (Lipinski definition) is 2. The number of methoxy groups -OCH3 is 1. The molecule has 2 rings (SSSR count). The van der Waals surface area contributed by atoms with E-state index in [1.54, 1.807) is 14.0 Å². The average Bonchev–Trinajstić information content (AvgIpc) is 3.10. The maximum absolute atomic E-state index is 11.3. The predicted molar refractivity (Wildman–Crippen MR) is 64.1 cm³/mol. The fourth-order valence-electron chi connectivity index (χ4n) is 2.44. The van der Waals surface area contributed by atoms with Crippen LogP contribution >= 0.6 is 0 Å². The second-order valence-corrected chi connectivity index (χ2v) is 4.79. The highest BCUT2D eigenvalue weighted by Crippen LogP contribution is 2.57. The molecular formula is C13H17NO3. The molecule has 1 atom stereocenters. The van der Waals surface area contributed by atoms with E-state index in [-0.39, 0.29) is 0 Å². The molecule has 4 heteroatoms. The first kappa shape index (κ1) is 11.9. The predicted octanol–water partition coefficient (Wildman–Crippen LogP) is 1.53. The van der Waals surface area contributed by atoms with Gasteiger partial charge in [-0.3, -0.25) is 4.79 Å². The fourth-order valence-corrected chi connectivity index (χ4v) is 2.44. The van der Waals surface area contributed by atoms with E-state index in [0.29, 0.717) is 5.75 Å². The summed E-state index contributed by atoms with van der Waals surface area (Å²) in [5.74, 6) is -0.260. The third kappa shape index (κ3) is 1.60. The van der Waals surface area contributed by atoms with E-state index in [9.17, 15) is 9.90 Å². The maximum Gasteiger partial charge on any atom is 0.324 e.